The molecule has 3 rings (SSSR count). The third-order valence-electron chi connectivity index (χ3n) is 4.29. The molecule has 0 atom stereocenters. The predicted molar refractivity (Wildman–Crippen MR) is 94.7 cm³/mol. The Bertz CT molecular complexity index is 716. The Labute approximate surface area is 143 Å². The van der Waals surface area contributed by atoms with Crippen molar-refractivity contribution in [2.75, 3.05) is 0 Å². The van der Waals surface area contributed by atoms with E-state index in [9.17, 15) is 13.5 Å². The Hall–Kier alpha value is -1.69. The summed E-state index contributed by atoms with van der Waals surface area (Å²) in [5, 5.41) is 9.37. The van der Waals surface area contributed by atoms with E-state index >= 15 is 0 Å². The first-order valence-electron chi connectivity index (χ1n) is 8.13. The Morgan fingerprint density at radius 3 is 1.92 bits per heavy atom. The van der Waals surface area contributed by atoms with Crippen molar-refractivity contribution in [2.24, 2.45) is 0 Å². The van der Waals surface area contributed by atoms with Gasteiger partial charge in [-0.25, -0.2) is 0 Å². The Morgan fingerprint density at radius 1 is 0.875 bits per heavy atom. The molecule has 0 aliphatic heterocycles. The Kier molecular flexibility index (Phi) is 6.54. The average molecular weight is 348 g/mol. The maximum absolute atomic E-state index is 10.5. The number of aryl methyl sites for hydroxylation is 1. The van der Waals surface area contributed by atoms with Gasteiger partial charge in [-0.2, -0.15) is 8.42 Å². The molecule has 2 aromatic carbocycles. The number of hydrogen-bond donors (Lipinski definition) is 2. The molecule has 0 radical (unpaired) electrons. The van der Waals surface area contributed by atoms with Crippen molar-refractivity contribution in [3.05, 3.63) is 65.7 Å². The number of hydrogen-bond acceptors (Lipinski definition) is 3. The first kappa shape index (κ1) is 18.6. The van der Waals surface area contributed by atoms with E-state index in [0.717, 1.165) is 31.2 Å². The molecule has 0 bridgehead atoms. The summed E-state index contributed by atoms with van der Waals surface area (Å²) in [5.74, 6) is 0.685. The molecule has 2 aromatic rings. The van der Waals surface area contributed by atoms with Crippen LogP contribution in [-0.4, -0.2) is 24.2 Å². The lowest BCUT2D eigenvalue weighted by molar-refractivity contribution is 0.122. The summed E-state index contributed by atoms with van der Waals surface area (Å²) in [6.07, 6.45) is 4.19. The second-order valence-corrected chi connectivity index (χ2v) is 7.63. The fourth-order valence-corrected chi connectivity index (χ4v) is 3.32. The number of rotatable bonds is 2. The molecular weight excluding hydrogens is 324 g/mol. The van der Waals surface area contributed by atoms with Crippen LogP contribution in [0.1, 0.15) is 42.7 Å². The van der Waals surface area contributed by atoms with E-state index < -0.39 is 10.1 Å². The van der Waals surface area contributed by atoms with Crippen LogP contribution in [0.4, 0.5) is 0 Å². The van der Waals surface area contributed by atoms with Gasteiger partial charge < -0.3 is 5.11 Å². The van der Waals surface area contributed by atoms with Crippen molar-refractivity contribution in [1.29, 1.82) is 0 Å². The van der Waals surface area contributed by atoms with E-state index in [1.165, 1.54) is 17.7 Å². The van der Waals surface area contributed by atoms with E-state index in [1.807, 2.05) is 6.92 Å². The lowest BCUT2D eigenvalue weighted by atomic mass is 9.83. The molecule has 0 aromatic heterocycles. The molecule has 4 nitrogen and oxygen atoms in total. The van der Waals surface area contributed by atoms with Gasteiger partial charge in [-0.15, -0.1) is 0 Å². The van der Waals surface area contributed by atoms with Crippen molar-refractivity contribution in [1.82, 2.24) is 0 Å². The number of aliphatic hydroxyl groups excluding tert-OH is 1. The summed E-state index contributed by atoms with van der Waals surface area (Å²) in [6, 6.07) is 16.6. The fraction of sp³-hybridized carbons (Fsp3) is 0.368. The molecule has 1 aliphatic carbocycles. The first-order chi connectivity index (χ1) is 11.4. The van der Waals surface area contributed by atoms with Gasteiger partial charge in [0.2, 0.25) is 0 Å². The zero-order chi connectivity index (χ0) is 17.6. The Balaban J connectivity index is 0.000000177. The smallest absolute Gasteiger partial charge is 0.294 e. The molecule has 1 saturated carbocycles. The van der Waals surface area contributed by atoms with E-state index in [0.29, 0.717) is 5.92 Å². The van der Waals surface area contributed by atoms with Gasteiger partial charge in [0.05, 0.1) is 11.0 Å². The topological polar surface area (TPSA) is 74.6 Å². The van der Waals surface area contributed by atoms with Gasteiger partial charge in [0, 0.05) is 0 Å². The molecule has 1 fully saturated rings. The molecule has 0 spiro atoms. The lowest BCUT2D eigenvalue weighted by Gasteiger charge is -2.25. The highest BCUT2D eigenvalue weighted by atomic mass is 32.2. The molecule has 5 heteroatoms. The summed E-state index contributed by atoms with van der Waals surface area (Å²) in [4.78, 5) is -0.0666. The largest absolute Gasteiger partial charge is 0.393 e. The van der Waals surface area contributed by atoms with Crippen LogP contribution in [0.3, 0.4) is 0 Å². The first-order valence-corrected chi connectivity index (χ1v) is 9.57. The minimum atomic E-state index is -4.02. The van der Waals surface area contributed by atoms with Crippen molar-refractivity contribution < 1.29 is 18.1 Å². The minimum absolute atomic E-state index is 0.0417. The summed E-state index contributed by atoms with van der Waals surface area (Å²) < 4.78 is 29.6. The molecule has 130 valence electrons. The van der Waals surface area contributed by atoms with Crippen molar-refractivity contribution in [3.63, 3.8) is 0 Å². The normalized spacial score (nSPS) is 20.8. The SMILES string of the molecule is Cc1ccc(S(=O)(=O)O)cc1.OC1CCC(c2ccccc2)CC1. The van der Waals surface area contributed by atoms with Crippen molar-refractivity contribution in [3.8, 4) is 0 Å². The molecule has 0 amide bonds. The van der Waals surface area contributed by atoms with Gasteiger partial charge in [-0.1, -0.05) is 48.0 Å². The zero-order valence-corrected chi connectivity index (χ0v) is 14.6. The third-order valence-corrected chi connectivity index (χ3v) is 5.15. The zero-order valence-electron chi connectivity index (χ0n) is 13.8. The van der Waals surface area contributed by atoms with Crippen molar-refractivity contribution in [2.45, 2.75) is 49.5 Å². The van der Waals surface area contributed by atoms with Crippen LogP contribution < -0.4 is 0 Å². The molecular formula is C19H24O4S. The monoisotopic (exact) mass is 348 g/mol. The van der Waals surface area contributed by atoms with Gasteiger partial charge in [0.1, 0.15) is 0 Å². The molecule has 1 aliphatic rings. The van der Waals surface area contributed by atoms with Crippen LogP contribution in [0.25, 0.3) is 0 Å². The predicted octanol–water partition coefficient (Wildman–Crippen LogP) is 3.95. The van der Waals surface area contributed by atoms with E-state index in [1.54, 1.807) is 12.1 Å². The second kappa shape index (κ2) is 8.42. The van der Waals surface area contributed by atoms with Gasteiger partial charge in [-0.05, 0) is 56.2 Å². The lowest BCUT2D eigenvalue weighted by Crippen LogP contribution is -2.16. The second-order valence-electron chi connectivity index (χ2n) is 6.20. The Morgan fingerprint density at radius 2 is 1.42 bits per heavy atom. The minimum Gasteiger partial charge on any atom is -0.393 e. The highest BCUT2D eigenvalue weighted by molar-refractivity contribution is 7.85. The van der Waals surface area contributed by atoms with Gasteiger partial charge >= 0.3 is 0 Å². The molecule has 0 unspecified atom stereocenters. The standard InChI is InChI=1S/C12H16O.C7H8O3S/c13-12-8-6-11(7-9-12)10-4-2-1-3-5-10;1-6-2-4-7(5-3-6)11(8,9)10/h1-5,11-13H,6-9H2;2-5H,1H3,(H,8,9,10). The highest BCUT2D eigenvalue weighted by Gasteiger charge is 2.20. The molecule has 24 heavy (non-hydrogen) atoms. The van der Waals surface area contributed by atoms with Gasteiger partial charge in [0.25, 0.3) is 10.1 Å². The van der Waals surface area contributed by atoms with Gasteiger partial charge in [0.15, 0.2) is 0 Å². The van der Waals surface area contributed by atoms with E-state index in [-0.39, 0.29) is 11.0 Å². The fourth-order valence-electron chi connectivity index (χ4n) is 2.84. The van der Waals surface area contributed by atoms with Crippen LogP contribution in [0, 0.1) is 6.92 Å². The highest BCUT2D eigenvalue weighted by Crippen LogP contribution is 2.32. The van der Waals surface area contributed by atoms with E-state index in [2.05, 4.69) is 30.3 Å². The van der Waals surface area contributed by atoms with Crippen LogP contribution in [-0.2, 0) is 10.1 Å². The van der Waals surface area contributed by atoms with E-state index in [4.69, 9.17) is 4.55 Å². The molecule has 0 heterocycles. The average Bonchev–Trinajstić information content (AvgIpc) is 2.56. The quantitative estimate of drug-likeness (QED) is 0.806. The molecule has 2 N–H and O–H groups in total. The van der Waals surface area contributed by atoms with Crippen LogP contribution in [0.5, 0.6) is 0 Å². The van der Waals surface area contributed by atoms with Crippen LogP contribution in [0.15, 0.2) is 59.5 Å². The maximum Gasteiger partial charge on any atom is 0.294 e. The molecule has 0 saturated heterocycles. The number of aliphatic hydroxyl groups is 1. The summed E-state index contributed by atoms with van der Waals surface area (Å²) in [5.41, 5.74) is 2.40. The van der Waals surface area contributed by atoms with Gasteiger partial charge in [-0.3, -0.25) is 4.55 Å². The summed E-state index contributed by atoms with van der Waals surface area (Å²) in [6.45, 7) is 1.84. The third kappa shape index (κ3) is 5.74. The number of benzene rings is 2. The summed E-state index contributed by atoms with van der Waals surface area (Å²) in [7, 11) is -4.02. The van der Waals surface area contributed by atoms with Crippen LogP contribution in [0.2, 0.25) is 0 Å². The van der Waals surface area contributed by atoms with Crippen LogP contribution >= 0.6 is 0 Å². The maximum atomic E-state index is 10.5. The summed E-state index contributed by atoms with van der Waals surface area (Å²) >= 11 is 0. The van der Waals surface area contributed by atoms with Crippen molar-refractivity contribution >= 4 is 10.1 Å².